The van der Waals surface area contributed by atoms with E-state index in [0.29, 0.717) is 0 Å². The molecule has 0 bridgehead atoms. The molecule has 8 nitrogen and oxygen atoms in total. The van der Waals surface area contributed by atoms with Crippen molar-refractivity contribution in [1.82, 2.24) is 0 Å². The van der Waals surface area contributed by atoms with Gasteiger partial charge in [-0.2, -0.15) is 0 Å². The van der Waals surface area contributed by atoms with E-state index >= 15 is 0 Å². The second-order valence-electron chi connectivity index (χ2n) is 3.71. The number of anilines is 1. The Bertz CT molecular complexity index is 518. The number of nitrogens with two attached hydrogens (primary N) is 2. The normalized spacial score (nSPS) is 9.95. The monoisotopic (exact) mass is 270 g/mol. The molecule has 0 atom stereocenters. The number of non-ortho nitro benzene ring substituents is 1. The second-order valence-corrected chi connectivity index (χ2v) is 3.71. The number of nitro benzene ring substituents is 1. The summed E-state index contributed by atoms with van der Waals surface area (Å²) in [6.45, 7) is -0.826. The Morgan fingerprint density at radius 1 is 1.21 bits per heavy atom. The highest BCUT2D eigenvalue weighted by atomic mass is 19.1. The number of halogens is 1. The quantitative estimate of drug-likeness (QED) is 0.531. The average Bonchev–Trinajstić information content (AvgIpc) is 2.25. The minimum Gasteiger partial charge on any atom is -0.368 e. The van der Waals surface area contributed by atoms with Crippen molar-refractivity contribution < 1.29 is 18.9 Å². The summed E-state index contributed by atoms with van der Waals surface area (Å²) in [7, 11) is 0. The molecule has 0 aliphatic heterocycles. The predicted octanol–water partition coefficient (Wildman–Crippen LogP) is -0.489. The first kappa shape index (κ1) is 14.4. The summed E-state index contributed by atoms with van der Waals surface area (Å²) < 4.78 is 13.3. The van der Waals surface area contributed by atoms with E-state index in [0.717, 1.165) is 23.1 Å². The van der Waals surface area contributed by atoms with Gasteiger partial charge in [-0.15, -0.1) is 0 Å². The molecule has 0 aliphatic carbocycles. The predicted molar refractivity (Wildman–Crippen MR) is 63.7 cm³/mol. The van der Waals surface area contributed by atoms with Gasteiger partial charge >= 0.3 is 0 Å². The molecule has 0 saturated heterocycles. The maximum atomic E-state index is 13.3. The number of carbonyl (C=O) groups excluding carboxylic acids is 2. The molecule has 0 unspecified atom stereocenters. The largest absolute Gasteiger partial charge is 0.368 e. The minimum absolute atomic E-state index is 0.0238. The fourth-order valence-electron chi connectivity index (χ4n) is 1.46. The van der Waals surface area contributed by atoms with Crippen molar-refractivity contribution in [1.29, 1.82) is 0 Å². The van der Waals surface area contributed by atoms with E-state index in [2.05, 4.69) is 0 Å². The molecule has 1 aromatic carbocycles. The van der Waals surface area contributed by atoms with Crippen LogP contribution in [0.2, 0.25) is 0 Å². The zero-order valence-corrected chi connectivity index (χ0v) is 9.71. The van der Waals surface area contributed by atoms with Crippen molar-refractivity contribution >= 4 is 23.2 Å². The molecule has 0 radical (unpaired) electrons. The van der Waals surface area contributed by atoms with Crippen LogP contribution in [0.3, 0.4) is 0 Å². The van der Waals surface area contributed by atoms with E-state index in [9.17, 15) is 24.1 Å². The lowest BCUT2D eigenvalue weighted by atomic mass is 10.2. The van der Waals surface area contributed by atoms with Crippen LogP contribution in [0.25, 0.3) is 0 Å². The molecule has 0 saturated carbocycles. The van der Waals surface area contributed by atoms with Gasteiger partial charge in [0, 0.05) is 11.8 Å². The summed E-state index contributed by atoms with van der Waals surface area (Å²) >= 11 is 0. The van der Waals surface area contributed by atoms with Gasteiger partial charge in [0.05, 0.1) is 24.1 Å². The van der Waals surface area contributed by atoms with E-state index in [1.54, 1.807) is 0 Å². The van der Waals surface area contributed by atoms with Crippen LogP contribution in [0.5, 0.6) is 0 Å². The first-order valence-corrected chi connectivity index (χ1v) is 5.06. The highest BCUT2D eigenvalue weighted by molar-refractivity contribution is 5.85. The molecule has 9 heteroatoms. The molecule has 1 aromatic rings. The third-order valence-electron chi connectivity index (χ3n) is 2.14. The maximum Gasteiger partial charge on any atom is 0.274 e. The van der Waals surface area contributed by atoms with Crippen molar-refractivity contribution in [3.8, 4) is 0 Å². The lowest BCUT2D eigenvalue weighted by molar-refractivity contribution is -0.385. The van der Waals surface area contributed by atoms with Crippen LogP contribution in [-0.2, 0) is 9.59 Å². The number of carbonyl (C=O) groups is 2. The Morgan fingerprint density at radius 3 is 2.16 bits per heavy atom. The van der Waals surface area contributed by atoms with Gasteiger partial charge in [-0.25, -0.2) is 4.39 Å². The van der Waals surface area contributed by atoms with Crippen LogP contribution in [0.15, 0.2) is 18.2 Å². The lowest BCUT2D eigenvalue weighted by Gasteiger charge is -2.21. The highest BCUT2D eigenvalue weighted by Crippen LogP contribution is 2.23. The Labute approximate surface area is 106 Å². The summed E-state index contributed by atoms with van der Waals surface area (Å²) in [5.41, 5.74) is 9.43. The SMILES string of the molecule is NC(=O)CN(CC(N)=O)c1cc(F)cc([N+](=O)[O-])c1. The topological polar surface area (TPSA) is 133 Å². The average molecular weight is 270 g/mol. The van der Waals surface area contributed by atoms with Crippen molar-refractivity contribution in [3.63, 3.8) is 0 Å². The van der Waals surface area contributed by atoms with Gasteiger partial charge in [-0.05, 0) is 6.07 Å². The van der Waals surface area contributed by atoms with Gasteiger partial charge in [-0.3, -0.25) is 19.7 Å². The van der Waals surface area contributed by atoms with E-state index in [4.69, 9.17) is 11.5 Å². The lowest BCUT2D eigenvalue weighted by Crippen LogP contribution is -2.39. The molecular formula is C10H11FN4O4. The zero-order chi connectivity index (χ0) is 14.6. The Balaban J connectivity index is 3.16. The van der Waals surface area contributed by atoms with E-state index in [1.807, 2.05) is 0 Å². The molecule has 0 heterocycles. The summed E-state index contributed by atoms with van der Waals surface area (Å²) in [6.07, 6.45) is 0. The van der Waals surface area contributed by atoms with Crippen LogP contribution in [-0.4, -0.2) is 29.8 Å². The molecule has 2 amide bonds. The van der Waals surface area contributed by atoms with Crippen molar-refractivity contribution in [3.05, 3.63) is 34.1 Å². The van der Waals surface area contributed by atoms with Crippen LogP contribution in [0.4, 0.5) is 15.8 Å². The first-order chi connectivity index (χ1) is 8.79. The molecule has 19 heavy (non-hydrogen) atoms. The fraction of sp³-hybridized carbons (Fsp3) is 0.200. The molecule has 102 valence electrons. The summed E-state index contributed by atoms with van der Waals surface area (Å²) in [4.78, 5) is 32.6. The number of nitrogens with zero attached hydrogens (tertiary/aromatic N) is 2. The molecule has 4 N–H and O–H groups in total. The molecule has 1 rings (SSSR count). The maximum absolute atomic E-state index is 13.3. The number of hydrogen-bond acceptors (Lipinski definition) is 5. The van der Waals surface area contributed by atoms with Crippen LogP contribution < -0.4 is 16.4 Å². The molecule has 0 aliphatic rings. The molecule has 0 aromatic heterocycles. The van der Waals surface area contributed by atoms with E-state index in [-0.39, 0.29) is 5.69 Å². The van der Waals surface area contributed by atoms with Crippen LogP contribution >= 0.6 is 0 Å². The van der Waals surface area contributed by atoms with Crippen LogP contribution in [0.1, 0.15) is 0 Å². The summed E-state index contributed by atoms with van der Waals surface area (Å²) in [5.74, 6) is -2.44. The fourth-order valence-corrected chi connectivity index (χ4v) is 1.46. The Hall–Kier alpha value is -2.71. The minimum atomic E-state index is -0.872. The zero-order valence-electron chi connectivity index (χ0n) is 9.71. The Kier molecular flexibility index (Phi) is 4.35. The number of benzene rings is 1. The number of hydrogen-bond donors (Lipinski definition) is 2. The standard InChI is InChI=1S/C10H11FN4O4/c11-6-1-7(3-8(2-6)15(18)19)14(4-9(12)16)5-10(13)17/h1-3H,4-5H2,(H2,12,16)(H2,13,17). The summed E-state index contributed by atoms with van der Waals surface area (Å²) in [6, 6.07) is 2.68. The first-order valence-electron chi connectivity index (χ1n) is 5.06. The van der Waals surface area contributed by atoms with Gasteiger partial charge in [0.1, 0.15) is 5.82 Å². The third kappa shape index (κ3) is 4.22. The number of primary amides is 2. The van der Waals surface area contributed by atoms with E-state index < -0.39 is 41.3 Å². The number of nitro groups is 1. The Morgan fingerprint density at radius 2 is 1.74 bits per heavy atom. The smallest absolute Gasteiger partial charge is 0.274 e. The van der Waals surface area contributed by atoms with Gasteiger partial charge < -0.3 is 16.4 Å². The van der Waals surface area contributed by atoms with Gasteiger partial charge in [0.25, 0.3) is 5.69 Å². The van der Waals surface area contributed by atoms with Crippen molar-refractivity contribution in [2.45, 2.75) is 0 Å². The number of rotatable bonds is 6. The number of amides is 2. The van der Waals surface area contributed by atoms with Gasteiger partial charge in [0.2, 0.25) is 11.8 Å². The van der Waals surface area contributed by atoms with E-state index in [1.165, 1.54) is 0 Å². The molecular weight excluding hydrogens is 259 g/mol. The van der Waals surface area contributed by atoms with Gasteiger partial charge in [-0.1, -0.05) is 0 Å². The summed E-state index contributed by atoms with van der Waals surface area (Å²) in [5, 5.41) is 10.6. The highest BCUT2D eigenvalue weighted by Gasteiger charge is 2.17. The van der Waals surface area contributed by atoms with Gasteiger partial charge in [0.15, 0.2) is 0 Å². The van der Waals surface area contributed by atoms with Crippen molar-refractivity contribution in [2.24, 2.45) is 11.5 Å². The second kappa shape index (κ2) is 5.76. The molecule has 0 fully saturated rings. The van der Waals surface area contributed by atoms with Crippen molar-refractivity contribution in [2.75, 3.05) is 18.0 Å². The third-order valence-corrected chi connectivity index (χ3v) is 2.14. The van der Waals surface area contributed by atoms with Crippen LogP contribution in [0, 0.1) is 15.9 Å². The molecule has 0 spiro atoms.